The van der Waals surface area contributed by atoms with Gasteiger partial charge in [-0.15, -0.1) is 5.10 Å². The topological polar surface area (TPSA) is 35.0 Å². The predicted octanol–water partition coefficient (Wildman–Crippen LogP) is 1.32. The lowest BCUT2D eigenvalue weighted by Crippen LogP contribution is -1.87. The Morgan fingerprint density at radius 2 is 2.44 bits per heavy atom. The highest BCUT2D eigenvalue weighted by Gasteiger charge is 1.96. The lowest BCUT2D eigenvalue weighted by Gasteiger charge is -1.94. The molecule has 0 aromatic carbocycles. The molecule has 0 aliphatic rings. The lowest BCUT2D eigenvalue weighted by atomic mass is 10.3. The fourth-order valence-electron chi connectivity index (χ4n) is 0.457. The standard InChI is InChI=1S/C5H5ClN2O/c1-4-2-3-7-8-5(4)9-6/h2-3H,1H3. The first-order valence-corrected chi connectivity index (χ1v) is 2.72. The Labute approximate surface area is 57.8 Å². The van der Waals surface area contributed by atoms with Crippen LogP contribution in [0.2, 0.25) is 0 Å². The van der Waals surface area contributed by atoms with E-state index in [4.69, 9.17) is 11.9 Å². The van der Waals surface area contributed by atoms with Gasteiger partial charge in [0.1, 0.15) is 11.9 Å². The van der Waals surface area contributed by atoms with Crippen LogP contribution < -0.4 is 4.29 Å². The van der Waals surface area contributed by atoms with Crippen LogP contribution in [0.5, 0.6) is 5.88 Å². The summed E-state index contributed by atoms with van der Waals surface area (Å²) in [5, 5.41) is 7.15. The van der Waals surface area contributed by atoms with Crippen LogP contribution in [0.4, 0.5) is 0 Å². The number of hydrogen-bond donors (Lipinski definition) is 0. The van der Waals surface area contributed by atoms with Crippen molar-refractivity contribution in [3.63, 3.8) is 0 Å². The molecule has 0 N–H and O–H groups in total. The van der Waals surface area contributed by atoms with Crippen LogP contribution in [0.3, 0.4) is 0 Å². The molecule has 0 spiro atoms. The number of halogens is 1. The summed E-state index contributed by atoms with van der Waals surface area (Å²) in [4.78, 5) is 0. The molecule has 0 saturated carbocycles. The van der Waals surface area contributed by atoms with E-state index in [0.717, 1.165) is 5.56 Å². The van der Waals surface area contributed by atoms with E-state index in [1.165, 1.54) is 0 Å². The first-order valence-electron chi connectivity index (χ1n) is 2.41. The van der Waals surface area contributed by atoms with E-state index in [0.29, 0.717) is 5.88 Å². The van der Waals surface area contributed by atoms with Gasteiger partial charge in [-0.25, -0.2) is 0 Å². The van der Waals surface area contributed by atoms with E-state index in [1.54, 1.807) is 12.3 Å². The van der Waals surface area contributed by atoms with Gasteiger partial charge in [-0.2, -0.15) is 5.10 Å². The fraction of sp³-hybridized carbons (Fsp3) is 0.200. The van der Waals surface area contributed by atoms with E-state index in [1.807, 2.05) is 6.92 Å². The fourth-order valence-corrected chi connectivity index (χ4v) is 0.610. The summed E-state index contributed by atoms with van der Waals surface area (Å²) in [5.41, 5.74) is 0.875. The maximum absolute atomic E-state index is 5.03. The van der Waals surface area contributed by atoms with Gasteiger partial charge in [0, 0.05) is 5.56 Å². The maximum atomic E-state index is 5.03. The summed E-state index contributed by atoms with van der Waals surface area (Å²) in [5.74, 6) is 0.360. The third-order valence-electron chi connectivity index (χ3n) is 0.950. The second-order valence-corrected chi connectivity index (χ2v) is 1.75. The number of aryl methyl sites for hydroxylation is 1. The zero-order valence-electron chi connectivity index (χ0n) is 4.84. The van der Waals surface area contributed by atoms with Crippen molar-refractivity contribution in [2.45, 2.75) is 6.92 Å². The predicted molar refractivity (Wildman–Crippen MR) is 33.2 cm³/mol. The molecule has 0 amide bonds. The SMILES string of the molecule is Cc1ccnnc1OCl. The molecule has 0 unspecified atom stereocenters. The minimum absolute atomic E-state index is 0.360. The van der Waals surface area contributed by atoms with Crippen LogP contribution in [0, 0.1) is 6.92 Å². The summed E-state index contributed by atoms with van der Waals surface area (Å²) >= 11 is 5.03. The molecule has 0 bridgehead atoms. The largest absolute Gasteiger partial charge is 0.363 e. The van der Waals surface area contributed by atoms with Crippen LogP contribution in [-0.2, 0) is 0 Å². The quantitative estimate of drug-likeness (QED) is 0.596. The van der Waals surface area contributed by atoms with Crippen molar-refractivity contribution < 1.29 is 4.29 Å². The molecule has 1 aromatic heterocycles. The average molecular weight is 145 g/mol. The van der Waals surface area contributed by atoms with Gasteiger partial charge in [-0.3, -0.25) is 0 Å². The second-order valence-electron chi connectivity index (χ2n) is 1.60. The van der Waals surface area contributed by atoms with Crippen molar-refractivity contribution in [1.29, 1.82) is 0 Å². The molecule has 1 aromatic rings. The van der Waals surface area contributed by atoms with Crippen LogP contribution in [0.25, 0.3) is 0 Å². The first-order chi connectivity index (χ1) is 4.34. The Kier molecular flexibility index (Phi) is 1.85. The maximum Gasteiger partial charge on any atom is 0.259 e. The van der Waals surface area contributed by atoms with E-state index in [2.05, 4.69) is 14.5 Å². The van der Waals surface area contributed by atoms with Crippen molar-refractivity contribution in [2.75, 3.05) is 0 Å². The summed E-state index contributed by atoms with van der Waals surface area (Å²) in [6, 6.07) is 1.77. The molecule has 4 heteroatoms. The van der Waals surface area contributed by atoms with Crippen molar-refractivity contribution in [1.82, 2.24) is 10.2 Å². The Hall–Kier alpha value is -0.830. The summed E-state index contributed by atoms with van der Waals surface area (Å²) in [6.45, 7) is 1.84. The summed E-state index contributed by atoms with van der Waals surface area (Å²) < 4.78 is 4.34. The smallest absolute Gasteiger partial charge is 0.259 e. The highest BCUT2D eigenvalue weighted by atomic mass is 35.5. The lowest BCUT2D eigenvalue weighted by molar-refractivity contribution is 0.570. The first kappa shape index (κ1) is 6.29. The van der Waals surface area contributed by atoms with E-state index >= 15 is 0 Å². The highest BCUT2D eigenvalue weighted by molar-refractivity contribution is 6.09. The van der Waals surface area contributed by atoms with Gasteiger partial charge in [-0.05, 0) is 13.0 Å². The molecule has 0 radical (unpaired) electrons. The Morgan fingerprint density at radius 3 is 2.89 bits per heavy atom. The van der Waals surface area contributed by atoms with Crippen LogP contribution in [-0.4, -0.2) is 10.2 Å². The van der Waals surface area contributed by atoms with Crippen molar-refractivity contribution in [3.05, 3.63) is 17.8 Å². The van der Waals surface area contributed by atoms with Crippen LogP contribution >= 0.6 is 11.9 Å². The molecule has 0 saturated heterocycles. The third-order valence-corrected chi connectivity index (χ3v) is 1.10. The summed E-state index contributed by atoms with van der Waals surface area (Å²) in [6.07, 6.45) is 1.58. The third kappa shape index (κ3) is 1.29. The molecule has 0 aliphatic heterocycles. The van der Waals surface area contributed by atoms with E-state index in [9.17, 15) is 0 Å². The number of hydrogen-bond acceptors (Lipinski definition) is 3. The molecule has 3 nitrogen and oxygen atoms in total. The van der Waals surface area contributed by atoms with Gasteiger partial charge >= 0.3 is 0 Å². The molecule has 0 fully saturated rings. The van der Waals surface area contributed by atoms with Crippen molar-refractivity contribution in [3.8, 4) is 5.88 Å². The molecular formula is C5H5ClN2O. The van der Waals surface area contributed by atoms with E-state index in [-0.39, 0.29) is 0 Å². The molecular weight excluding hydrogens is 140 g/mol. The minimum atomic E-state index is 0.360. The molecule has 9 heavy (non-hydrogen) atoms. The number of nitrogens with zero attached hydrogens (tertiary/aromatic N) is 2. The van der Waals surface area contributed by atoms with Crippen LogP contribution in [0.15, 0.2) is 12.3 Å². The van der Waals surface area contributed by atoms with Gasteiger partial charge in [0.05, 0.1) is 6.20 Å². The Bertz CT molecular complexity index is 204. The van der Waals surface area contributed by atoms with Crippen molar-refractivity contribution in [2.24, 2.45) is 0 Å². The Morgan fingerprint density at radius 1 is 1.67 bits per heavy atom. The normalized spacial score (nSPS) is 9.11. The number of aromatic nitrogens is 2. The van der Waals surface area contributed by atoms with Gasteiger partial charge in [0.2, 0.25) is 0 Å². The zero-order chi connectivity index (χ0) is 6.69. The minimum Gasteiger partial charge on any atom is -0.363 e. The number of rotatable bonds is 1. The molecule has 0 atom stereocenters. The molecule has 0 aliphatic carbocycles. The molecule has 48 valence electrons. The van der Waals surface area contributed by atoms with Gasteiger partial charge in [0.25, 0.3) is 5.88 Å². The summed E-state index contributed by atoms with van der Waals surface area (Å²) in [7, 11) is 0. The Balaban J connectivity index is 3.01. The van der Waals surface area contributed by atoms with Gasteiger partial charge in [0.15, 0.2) is 0 Å². The van der Waals surface area contributed by atoms with E-state index < -0.39 is 0 Å². The van der Waals surface area contributed by atoms with Gasteiger partial charge in [-0.1, -0.05) is 0 Å². The average Bonchev–Trinajstić information content (AvgIpc) is 1.89. The highest BCUT2D eigenvalue weighted by Crippen LogP contribution is 2.11. The molecule has 1 heterocycles. The van der Waals surface area contributed by atoms with Crippen LogP contribution in [0.1, 0.15) is 5.56 Å². The molecule has 1 rings (SSSR count). The monoisotopic (exact) mass is 144 g/mol. The second kappa shape index (κ2) is 2.64. The zero-order valence-corrected chi connectivity index (χ0v) is 5.59. The van der Waals surface area contributed by atoms with Crippen molar-refractivity contribution >= 4 is 11.9 Å². The van der Waals surface area contributed by atoms with Gasteiger partial charge < -0.3 is 4.29 Å².